The number of carbonyl (C=O) groups is 2. The number of carboxylic acid groups (broad SMARTS) is 1. The van der Waals surface area contributed by atoms with Crippen LogP contribution in [0.1, 0.15) is 89.0 Å². The van der Waals surface area contributed by atoms with E-state index in [1.54, 1.807) is 0 Å². The molecule has 13 nitrogen and oxygen atoms in total. The maximum absolute atomic E-state index is 12.5. The summed E-state index contributed by atoms with van der Waals surface area (Å²) in [6.07, 6.45) is 3.74. The van der Waals surface area contributed by atoms with Crippen molar-refractivity contribution < 1.29 is 37.8 Å². The molecule has 1 aromatic heterocycles. The van der Waals surface area contributed by atoms with Crippen molar-refractivity contribution >= 4 is 22.0 Å². The van der Waals surface area contributed by atoms with Crippen LogP contribution < -0.4 is 15.2 Å². The van der Waals surface area contributed by atoms with Crippen molar-refractivity contribution in [1.29, 1.82) is 0 Å². The Hall–Kier alpha value is -1.97. The minimum absolute atomic E-state index is 0.0174. The average Bonchev–Trinajstić information content (AvgIpc) is 3.24. The van der Waals surface area contributed by atoms with Gasteiger partial charge in [-0.1, -0.05) is 37.8 Å². The lowest BCUT2D eigenvalue weighted by Gasteiger charge is -2.20. The van der Waals surface area contributed by atoms with E-state index in [4.69, 9.17) is 20.5 Å². The highest BCUT2D eigenvalue weighted by molar-refractivity contribution is 7.87. The molecule has 0 aromatic carbocycles. The number of unbranched alkanes of at least 4 members (excludes halogenated alkanes) is 4. The summed E-state index contributed by atoms with van der Waals surface area (Å²) in [4.78, 5) is 27.5. The summed E-state index contributed by atoms with van der Waals surface area (Å²) in [6, 6.07) is -3.91. The molecule has 0 saturated carbocycles. The van der Waals surface area contributed by atoms with Crippen molar-refractivity contribution in [3.05, 3.63) is 11.7 Å². The van der Waals surface area contributed by atoms with Crippen LogP contribution in [-0.2, 0) is 19.8 Å². The van der Waals surface area contributed by atoms with Gasteiger partial charge < -0.3 is 25.6 Å². The van der Waals surface area contributed by atoms with Crippen molar-refractivity contribution in [3.63, 3.8) is 0 Å². The van der Waals surface area contributed by atoms with E-state index in [1.165, 1.54) is 0 Å². The number of nitrogens with one attached hydrogen (secondary N) is 2. The summed E-state index contributed by atoms with van der Waals surface area (Å²) in [5.74, 6) is -1.89. The number of carbonyl (C=O) groups excluding carboxylic acids is 1. The van der Waals surface area contributed by atoms with Crippen LogP contribution in [0, 0.1) is 0 Å². The van der Waals surface area contributed by atoms with Gasteiger partial charge in [-0.05, 0) is 19.8 Å². The Kier molecular flexibility index (Phi) is 12.6. The number of aliphatic hydroxyl groups excluding tert-OH is 2. The van der Waals surface area contributed by atoms with Crippen LogP contribution in [0.25, 0.3) is 0 Å². The van der Waals surface area contributed by atoms with Gasteiger partial charge in [0.25, 0.3) is 10.2 Å². The van der Waals surface area contributed by atoms with Gasteiger partial charge in [-0.2, -0.15) is 22.8 Å². The van der Waals surface area contributed by atoms with Gasteiger partial charge in [-0.3, -0.25) is 9.59 Å². The van der Waals surface area contributed by atoms with Gasteiger partial charge in [-0.15, -0.1) is 0 Å². The molecule has 4 atom stereocenters. The number of rotatable bonds is 18. The molecule has 1 rings (SSSR count). The Labute approximate surface area is 193 Å². The molecule has 190 valence electrons. The number of hydrogen-bond donors (Lipinski definition) is 6. The molecule has 0 aliphatic heterocycles. The van der Waals surface area contributed by atoms with E-state index in [0.717, 1.165) is 39.0 Å². The number of nitrogens with two attached hydrogens (primary N) is 1. The van der Waals surface area contributed by atoms with Crippen molar-refractivity contribution in [2.75, 3.05) is 6.61 Å². The van der Waals surface area contributed by atoms with Crippen LogP contribution in [0.3, 0.4) is 0 Å². The van der Waals surface area contributed by atoms with Gasteiger partial charge in [0.05, 0.1) is 18.8 Å². The first-order chi connectivity index (χ1) is 15.5. The molecule has 0 aliphatic carbocycles. The maximum atomic E-state index is 12.5. The fourth-order valence-corrected chi connectivity index (χ4v) is 4.25. The predicted molar refractivity (Wildman–Crippen MR) is 117 cm³/mol. The van der Waals surface area contributed by atoms with E-state index < -0.39 is 47.0 Å². The molecule has 0 aliphatic rings. The van der Waals surface area contributed by atoms with Crippen LogP contribution in [0.5, 0.6) is 0 Å². The Morgan fingerprint density at radius 3 is 2.39 bits per heavy atom. The number of nitrogens with zero attached hydrogens (tertiary/aromatic N) is 2. The highest BCUT2D eigenvalue weighted by atomic mass is 32.2. The lowest BCUT2D eigenvalue weighted by Crippen LogP contribution is -2.52. The molecular formula is C19H35N5O8S. The maximum Gasteiger partial charge on any atom is 0.324 e. The summed E-state index contributed by atoms with van der Waals surface area (Å²) in [7, 11) is -4.47. The average molecular weight is 494 g/mol. The van der Waals surface area contributed by atoms with Crippen molar-refractivity contribution in [2.45, 2.75) is 89.4 Å². The Morgan fingerprint density at radius 1 is 1.15 bits per heavy atom. The number of carboxylic acids is 1. The minimum Gasteiger partial charge on any atom is -0.480 e. The number of aliphatic hydroxyl groups is 2. The van der Waals surface area contributed by atoms with Gasteiger partial charge in [0, 0.05) is 12.8 Å². The highest BCUT2D eigenvalue weighted by Gasteiger charge is 2.32. The summed E-state index contributed by atoms with van der Waals surface area (Å²) in [6.45, 7) is 2.75. The summed E-state index contributed by atoms with van der Waals surface area (Å²) < 4.78 is 34.1. The molecule has 7 N–H and O–H groups in total. The van der Waals surface area contributed by atoms with Crippen molar-refractivity contribution in [3.8, 4) is 0 Å². The van der Waals surface area contributed by atoms with Gasteiger partial charge in [0.1, 0.15) is 17.9 Å². The molecule has 0 amide bonds. The first-order valence-electron chi connectivity index (χ1n) is 10.9. The zero-order valence-corrected chi connectivity index (χ0v) is 19.8. The fraction of sp³-hybridized carbons (Fsp3) is 0.789. The molecule has 0 saturated heterocycles. The largest absolute Gasteiger partial charge is 0.480 e. The van der Waals surface area contributed by atoms with Crippen LogP contribution >= 0.6 is 0 Å². The normalized spacial score (nSPS) is 15.7. The van der Waals surface area contributed by atoms with Gasteiger partial charge in [0.15, 0.2) is 5.82 Å². The van der Waals surface area contributed by atoms with E-state index in [9.17, 15) is 23.1 Å². The van der Waals surface area contributed by atoms with E-state index in [2.05, 4.69) is 21.8 Å². The molecule has 33 heavy (non-hydrogen) atoms. The topological polar surface area (TPSA) is 218 Å². The van der Waals surface area contributed by atoms with E-state index in [-0.39, 0.29) is 30.3 Å². The molecule has 0 spiro atoms. The van der Waals surface area contributed by atoms with E-state index in [0.29, 0.717) is 6.42 Å². The second kappa shape index (κ2) is 14.3. The summed E-state index contributed by atoms with van der Waals surface area (Å²) in [5.41, 5.74) is 5.65. The lowest BCUT2D eigenvalue weighted by molar-refractivity contribution is -0.141. The van der Waals surface area contributed by atoms with Crippen molar-refractivity contribution in [1.82, 2.24) is 19.6 Å². The molecule has 1 heterocycles. The third-order valence-corrected chi connectivity index (χ3v) is 6.04. The first-order valence-corrected chi connectivity index (χ1v) is 12.4. The summed E-state index contributed by atoms with van der Waals surface area (Å²) in [5, 5.41) is 31.4. The molecular weight excluding hydrogens is 458 g/mol. The number of aromatic nitrogens is 2. The molecule has 14 heteroatoms. The molecule has 1 aromatic rings. The van der Waals surface area contributed by atoms with Crippen LogP contribution in [0.2, 0.25) is 0 Å². The zero-order chi connectivity index (χ0) is 25.0. The monoisotopic (exact) mass is 493 g/mol. The third kappa shape index (κ3) is 10.7. The van der Waals surface area contributed by atoms with Crippen LogP contribution in [0.4, 0.5) is 0 Å². The number of ketones is 1. The van der Waals surface area contributed by atoms with Crippen molar-refractivity contribution in [2.24, 2.45) is 5.73 Å². The second-order valence-electron chi connectivity index (χ2n) is 7.87. The number of Topliss-reactive ketones (excluding diaryl/α,β-unsaturated/α-hetero) is 1. The Morgan fingerprint density at radius 2 is 1.82 bits per heavy atom. The molecule has 0 radical (unpaired) electrons. The molecule has 1 unspecified atom stereocenters. The highest BCUT2D eigenvalue weighted by Crippen LogP contribution is 2.20. The van der Waals surface area contributed by atoms with Gasteiger partial charge in [-0.25, -0.2) is 0 Å². The summed E-state index contributed by atoms with van der Waals surface area (Å²) >= 11 is 0. The van der Waals surface area contributed by atoms with Gasteiger partial charge in [0.2, 0.25) is 5.89 Å². The van der Waals surface area contributed by atoms with Crippen LogP contribution in [-0.4, -0.2) is 64.4 Å². The SMILES string of the molecule is CCCCCCCC(=O)CC[C@@H](NS(=O)(=O)N[C@H](C(=O)O)C(C)O)c1nc([C@@H](N)CO)no1. The first kappa shape index (κ1) is 29.1. The molecule has 0 bridgehead atoms. The van der Waals surface area contributed by atoms with Gasteiger partial charge >= 0.3 is 5.97 Å². The third-order valence-electron chi connectivity index (χ3n) is 4.88. The Bertz CT molecular complexity index is 845. The number of hydrogen-bond acceptors (Lipinski definition) is 10. The standard InChI is InChI=1S/C19H35N5O8S/c1-3-4-5-6-7-8-13(27)9-10-15(18-21-17(22-32-18)14(20)11-25)23-33(30,31)24-16(12(2)26)19(28)29/h12,14-16,23-26H,3-11,20H2,1-2H3,(H,28,29)/t12?,14-,15+,16-/m0/s1. The van der Waals surface area contributed by atoms with E-state index >= 15 is 0 Å². The Balaban J connectivity index is 2.91. The van der Waals surface area contributed by atoms with E-state index in [1.807, 2.05) is 4.72 Å². The quantitative estimate of drug-likeness (QED) is 0.150. The molecule has 0 fully saturated rings. The van der Waals surface area contributed by atoms with Crippen LogP contribution in [0.15, 0.2) is 4.52 Å². The minimum atomic E-state index is -4.47. The number of aliphatic carboxylic acids is 1. The second-order valence-corrected chi connectivity index (χ2v) is 9.35. The fourth-order valence-electron chi connectivity index (χ4n) is 2.95. The zero-order valence-electron chi connectivity index (χ0n) is 18.9. The lowest BCUT2D eigenvalue weighted by atomic mass is 10.0. The smallest absolute Gasteiger partial charge is 0.324 e. The predicted octanol–water partition coefficient (Wildman–Crippen LogP) is 0.0706.